The number of benzene rings is 1. The minimum atomic E-state index is -0.655. The van der Waals surface area contributed by atoms with Crippen molar-refractivity contribution in [2.45, 2.75) is 44.1 Å². The molecule has 0 bridgehead atoms. The van der Waals surface area contributed by atoms with Crippen LogP contribution in [-0.4, -0.2) is 72.7 Å². The maximum Gasteiger partial charge on any atom is 0.310 e. The van der Waals surface area contributed by atoms with Crippen LogP contribution in [0.4, 0.5) is 0 Å². The van der Waals surface area contributed by atoms with Crippen LogP contribution in [0.15, 0.2) is 48.7 Å². The molecule has 2 atom stereocenters. The molecule has 3 N–H and O–H groups in total. The number of hydrogen-bond donors (Lipinski definition) is 3. The average Bonchev–Trinajstić information content (AvgIpc) is 3.84. The molecule has 1 unspecified atom stereocenters. The SMILES string of the molecule is CNC(=O)c1ccc(OCC2(CN[C@@H]3CC3c3ccccc3)CCN(CC3(C(=O)O)CC3)CC2)cn1. The van der Waals surface area contributed by atoms with Crippen LogP contribution in [0.2, 0.25) is 0 Å². The van der Waals surface area contributed by atoms with Gasteiger partial charge in [-0.15, -0.1) is 0 Å². The molecule has 2 saturated carbocycles. The summed E-state index contributed by atoms with van der Waals surface area (Å²) in [4.78, 5) is 30.0. The fourth-order valence-corrected chi connectivity index (χ4v) is 5.38. The maximum absolute atomic E-state index is 11.8. The Morgan fingerprint density at radius 1 is 1.11 bits per heavy atom. The van der Waals surface area contributed by atoms with E-state index in [9.17, 15) is 14.7 Å². The van der Waals surface area contributed by atoms with Gasteiger partial charge in [0.25, 0.3) is 5.91 Å². The molecular weight excluding hydrogens is 456 g/mol. The van der Waals surface area contributed by atoms with Crippen LogP contribution in [0.25, 0.3) is 0 Å². The highest BCUT2D eigenvalue weighted by atomic mass is 16.5. The quantitative estimate of drug-likeness (QED) is 0.443. The Kier molecular flexibility index (Phi) is 6.99. The molecule has 1 aromatic carbocycles. The molecule has 1 amide bonds. The van der Waals surface area contributed by atoms with Gasteiger partial charge < -0.3 is 25.4 Å². The number of carbonyl (C=O) groups is 2. The van der Waals surface area contributed by atoms with Crippen molar-refractivity contribution in [2.75, 3.05) is 39.8 Å². The van der Waals surface area contributed by atoms with E-state index in [1.54, 1.807) is 25.4 Å². The van der Waals surface area contributed by atoms with Crippen molar-refractivity contribution in [2.24, 2.45) is 10.8 Å². The Morgan fingerprint density at radius 2 is 1.86 bits per heavy atom. The van der Waals surface area contributed by atoms with Crippen LogP contribution in [0.5, 0.6) is 5.75 Å². The molecule has 3 aliphatic rings. The summed E-state index contributed by atoms with van der Waals surface area (Å²) >= 11 is 0. The van der Waals surface area contributed by atoms with Gasteiger partial charge in [0, 0.05) is 37.5 Å². The third-order valence-corrected chi connectivity index (χ3v) is 8.25. The predicted molar refractivity (Wildman–Crippen MR) is 136 cm³/mol. The van der Waals surface area contributed by atoms with Gasteiger partial charge in [0.15, 0.2) is 0 Å². The minimum Gasteiger partial charge on any atom is -0.491 e. The van der Waals surface area contributed by atoms with Gasteiger partial charge in [0.1, 0.15) is 11.4 Å². The van der Waals surface area contributed by atoms with Gasteiger partial charge in [-0.1, -0.05) is 30.3 Å². The lowest BCUT2D eigenvalue weighted by atomic mass is 9.78. The Bertz CT molecular complexity index is 1060. The third kappa shape index (κ3) is 5.55. The topological polar surface area (TPSA) is 104 Å². The molecule has 2 aliphatic carbocycles. The summed E-state index contributed by atoms with van der Waals surface area (Å²) in [7, 11) is 1.58. The van der Waals surface area contributed by atoms with Crippen LogP contribution < -0.4 is 15.4 Å². The number of rotatable bonds is 11. The number of pyridine rings is 1. The van der Waals surface area contributed by atoms with Crippen LogP contribution in [0.1, 0.15) is 54.1 Å². The first kappa shape index (κ1) is 24.7. The molecule has 2 aromatic rings. The monoisotopic (exact) mass is 492 g/mol. The molecule has 1 aliphatic heterocycles. The molecule has 3 fully saturated rings. The van der Waals surface area contributed by atoms with Crippen LogP contribution >= 0.6 is 0 Å². The second kappa shape index (κ2) is 10.2. The summed E-state index contributed by atoms with van der Waals surface area (Å²) in [6.07, 6.45) is 6.23. The fourth-order valence-electron chi connectivity index (χ4n) is 5.38. The number of carbonyl (C=O) groups excluding carboxylic acids is 1. The Hall–Kier alpha value is -2.97. The second-order valence-electron chi connectivity index (χ2n) is 10.8. The van der Waals surface area contributed by atoms with E-state index in [1.165, 1.54) is 5.56 Å². The molecule has 0 spiro atoms. The van der Waals surface area contributed by atoms with Crippen LogP contribution in [0.3, 0.4) is 0 Å². The zero-order valence-electron chi connectivity index (χ0n) is 20.9. The van der Waals surface area contributed by atoms with E-state index in [-0.39, 0.29) is 11.3 Å². The summed E-state index contributed by atoms with van der Waals surface area (Å²) in [5.41, 5.74) is 1.19. The number of nitrogens with one attached hydrogen (secondary N) is 2. The molecular formula is C28H36N4O4. The van der Waals surface area contributed by atoms with Crippen molar-refractivity contribution in [3.63, 3.8) is 0 Å². The van der Waals surface area contributed by atoms with E-state index in [1.807, 2.05) is 0 Å². The van der Waals surface area contributed by atoms with Gasteiger partial charge in [-0.3, -0.25) is 9.59 Å². The van der Waals surface area contributed by atoms with Crippen molar-refractivity contribution in [3.8, 4) is 5.75 Å². The lowest BCUT2D eigenvalue weighted by molar-refractivity contribution is -0.144. The standard InChI is InChI=1S/C28H36N4O4/c1-29-25(33)23-8-7-21(16-30-23)36-19-27(17-31-24-15-22(24)20-5-3-2-4-6-20)11-13-32(14-12-27)18-28(9-10-28)26(34)35/h2-8,16,22,24,31H,9-15,17-19H2,1H3,(H,29,33)(H,34,35)/t22?,24-/m1/s1. The zero-order valence-corrected chi connectivity index (χ0v) is 20.9. The number of likely N-dealkylation sites (tertiary alicyclic amines) is 1. The van der Waals surface area contributed by atoms with E-state index in [4.69, 9.17) is 4.74 Å². The van der Waals surface area contributed by atoms with Gasteiger partial charge in [-0.2, -0.15) is 0 Å². The number of nitrogens with zero attached hydrogens (tertiary/aromatic N) is 2. The second-order valence-corrected chi connectivity index (χ2v) is 10.8. The van der Waals surface area contributed by atoms with Crippen molar-refractivity contribution >= 4 is 11.9 Å². The molecule has 192 valence electrons. The number of ether oxygens (including phenoxy) is 1. The van der Waals surface area contributed by atoms with Crippen molar-refractivity contribution < 1.29 is 19.4 Å². The van der Waals surface area contributed by atoms with Crippen molar-refractivity contribution in [1.29, 1.82) is 0 Å². The highest BCUT2D eigenvalue weighted by Gasteiger charge is 2.52. The van der Waals surface area contributed by atoms with Crippen molar-refractivity contribution in [1.82, 2.24) is 20.5 Å². The first-order valence-electron chi connectivity index (χ1n) is 13.0. The summed E-state index contributed by atoms with van der Waals surface area (Å²) in [5.74, 6) is 0.344. The van der Waals surface area contributed by atoms with E-state index in [2.05, 4.69) is 50.8 Å². The largest absolute Gasteiger partial charge is 0.491 e. The molecule has 36 heavy (non-hydrogen) atoms. The maximum atomic E-state index is 11.8. The highest BCUT2D eigenvalue weighted by molar-refractivity contribution is 5.91. The first-order chi connectivity index (χ1) is 17.4. The number of hydrogen-bond acceptors (Lipinski definition) is 6. The van der Waals surface area contributed by atoms with E-state index < -0.39 is 11.4 Å². The molecule has 8 heteroatoms. The first-order valence-corrected chi connectivity index (χ1v) is 13.0. The third-order valence-electron chi connectivity index (χ3n) is 8.25. The molecule has 5 rings (SSSR count). The molecule has 8 nitrogen and oxygen atoms in total. The van der Waals surface area contributed by atoms with Crippen molar-refractivity contribution in [3.05, 3.63) is 59.9 Å². The normalized spacial score (nSPS) is 24.0. The smallest absolute Gasteiger partial charge is 0.310 e. The highest BCUT2D eigenvalue weighted by Crippen LogP contribution is 2.47. The minimum absolute atomic E-state index is 0.0419. The number of aliphatic carboxylic acids is 1. The number of carboxylic acid groups (broad SMARTS) is 1. The number of aromatic nitrogens is 1. The predicted octanol–water partition coefficient (Wildman–Crippen LogP) is 2.91. The lowest BCUT2D eigenvalue weighted by Gasteiger charge is -2.42. The number of piperidine rings is 1. The fraction of sp³-hybridized carbons (Fsp3) is 0.536. The van der Waals surface area contributed by atoms with Gasteiger partial charge in [-0.25, -0.2) is 4.98 Å². The lowest BCUT2D eigenvalue weighted by Crippen LogP contribution is -2.50. The number of carboxylic acids is 1. The van der Waals surface area contributed by atoms with Gasteiger partial charge >= 0.3 is 5.97 Å². The summed E-state index contributed by atoms with van der Waals surface area (Å²) in [5, 5.41) is 16.0. The number of amides is 1. The van der Waals surface area contributed by atoms with E-state index in [0.29, 0.717) is 36.6 Å². The van der Waals surface area contributed by atoms with Gasteiger partial charge in [0.05, 0.1) is 18.2 Å². The van der Waals surface area contributed by atoms with Crippen LogP contribution in [-0.2, 0) is 4.79 Å². The van der Waals surface area contributed by atoms with E-state index >= 15 is 0 Å². The Balaban J connectivity index is 1.21. The van der Waals surface area contributed by atoms with Gasteiger partial charge in [0.2, 0.25) is 0 Å². The average molecular weight is 493 g/mol. The van der Waals surface area contributed by atoms with E-state index in [0.717, 1.165) is 51.7 Å². The summed E-state index contributed by atoms with van der Waals surface area (Å²) < 4.78 is 6.22. The summed E-state index contributed by atoms with van der Waals surface area (Å²) in [6.45, 7) is 3.82. The Morgan fingerprint density at radius 3 is 2.47 bits per heavy atom. The summed E-state index contributed by atoms with van der Waals surface area (Å²) in [6, 6.07) is 14.6. The molecule has 0 radical (unpaired) electrons. The Labute approximate surface area is 212 Å². The van der Waals surface area contributed by atoms with Gasteiger partial charge in [-0.05, 0) is 62.9 Å². The van der Waals surface area contributed by atoms with Crippen LogP contribution in [0, 0.1) is 10.8 Å². The molecule has 1 saturated heterocycles. The zero-order chi connectivity index (χ0) is 25.2. The molecule has 1 aromatic heterocycles. The molecule has 2 heterocycles.